The molecule has 0 amide bonds. The first kappa shape index (κ1) is 11.7. The Balaban J connectivity index is 1.80. The highest BCUT2D eigenvalue weighted by molar-refractivity contribution is 7.66. The van der Waals surface area contributed by atoms with Crippen LogP contribution in [0.2, 0.25) is 0 Å². The third-order valence-electron chi connectivity index (χ3n) is 4.81. The lowest BCUT2D eigenvalue weighted by molar-refractivity contribution is 0.396. The minimum atomic E-state index is 0.159. The Morgan fingerprint density at radius 3 is 2.53 bits per heavy atom. The molecular weight excluding hydrogens is 223 g/mol. The van der Waals surface area contributed by atoms with Gasteiger partial charge in [-0.1, -0.05) is 58.0 Å². The van der Waals surface area contributed by atoms with Crippen LogP contribution in [0.15, 0.2) is 30.3 Å². The lowest BCUT2D eigenvalue weighted by Gasteiger charge is -2.29. The second-order valence-corrected chi connectivity index (χ2v) is 8.38. The summed E-state index contributed by atoms with van der Waals surface area (Å²) < 4.78 is 0. The first-order valence-electron chi connectivity index (χ1n) is 7.18. The molecule has 0 aromatic heterocycles. The molecule has 1 aliphatic heterocycles. The van der Waals surface area contributed by atoms with Gasteiger partial charge in [-0.15, -0.1) is 0 Å². The Labute approximate surface area is 107 Å². The molecule has 3 unspecified atom stereocenters. The Morgan fingerprint density at radius 1 is 1.00 bits per heavy atom. The molecule has 0 spiro atoms. The van der Waals surface area contributed by atoms with E-state index in [-0.39, 0.29) is 7.92 Å². The van der Waals surface area contributed by atoms with E-state index >= 15 is 0 Å². The molecule has 1 saturated carbocycles. The summed E-state index contributed by atoms with van der Waals surface area (Å²) in [6.07, 6.45) is 8.97. The highest BCUT2D eigenvalue weighted by Crippen LogP contribution is 2.56. The molecule has 2 aliphatic rings. The van der Waals surface area contributed by atoms with Crippen LogP contribution in [-0.4, -0.2) is 11.8 Å². The largest absolute Gasteiger partial charge is 0.0719 e. The van der Waals surface area contributed by atoms with Gasteiger partial charge in [0.2, 0.25) is 0 Å². The summed E-state index contributed by atoms with van der Waals surface area (Å²) in [6.45, 7) is 2.49. The first-order valence-corrected chi connectivity index (χ1v) is 8.77. The molecule has 2 fully saturated rings. The molecule has 92 valence electrons. The molecule has 1 saturated heterocycles. The van der Waals surface area contributed by atoms with Crippen molar-refractivity contribution in [2.24, 2.45) is 11.8 Å². The molecule has 1 aromatic carbocycles. The maximum atomic E-state index is 2.49. The summed E-state index contributed by atoms with van der Waals surface area (Å²) >= 11 is 0. The lowest BCUT2D eigenvalue weighted by Crippen LogP contribution is -2.22. The third kappa shape index (κ3) is 2.29. The average Bonchev–Trinajstić information content (AvgIpc) is 2.98. The van der Waals surface area contributed by atoms with Gasteiger partial charge >= 0.3 is 0 Å². The summed E-state index contributed by atoms with van der Waals surface area (Å²) in [6, 6.07) is 11.4. The van der Waals surface area contributed by atoms with E-state index in [2.05, 4.69) is 37.3 Å². The van der Waals surface area contributed by atoms with E-state index in [1.54, 1.807) is 5.30 Å². The van der Waals surface area contributed by atoms with Gasteiger partial charge in [-0.2, -0.15) is 0 Å². The van der Waals surface area contributed by atoms with E-state index in [4.69, 9.17) is 0 Å². The maximum Gasteiger partial charge on any atom is -0.0138 e. The Kier molecular flexibility index (Phi) is 3.52. The van der Waals surface area contributed by atoms with Gasteiger partial charge in [0.1, 0.15) is 0 Å². The fraction of sp³-hybridized carbons (Fsp3) is 0.625. The van der Waals surface area contributed by atoms with Gasteiger partial charge in [0, 0.05) is 0 Å². The van der Waals surface area contributed by atoms with Crippen LogP contribution in [0.1, 0.15) is 39.0 Å². The minimum absolute atomic E-state index is 0.159. The zero-order valence-electron chi connectivity index (χ0n) is 10.8. The topological polar surface area (TPSA) is 0 Å². The van der Waals surface area contributed by atoms with Crippen molar-refractivity contribution < 1.29 is 0 Å². The van der Waals surface area contributed by atoms with Crippen LogP contribution in [0.5, 0.6) is 0 Å². The predicted molar refractivity (Wildman–Crippen MR) is 77.4 cm³/mol. The van der Waals surface area contributed by atoms with E-state index < -0.39 is 0 Å². The number of hydrogen-bond acceptors (Lipinski definition) is 0. The summed E-state index contributed by atoms with van der Waals surface area (Å²) in [5, 5.41) is 1.67. The molecule has 4 atom stereocenters. The molecule has 1 heterocycles. The molecule has 1 heteroatoms. The summed E-state index contributed by atoms with van der Waals surface area (Å²) in [5.41, 5.74) is 1.05. The van der Waals surface area contributed by atoms with Gasteiger partial charge in [0.15, 0.2) is 0 Å². The highest BCUT2D eigenvalue weighted by Gasteiger charge is 2.38. The normalized spacial score (nSPS) is 37.5. The molecule has 0 N–H and O–H groups in total. The second kappa shape index (κ2) is 5.11. The van der Waals surface area contributed by atoms with Crippen molar-refractivity contribution in [2.45, 2.75) is 44.7 Å². The number of benzene rings is 1. The van der Waals surface area contributed by atoms with Crippen molar-refractivity contribution in [1.29, 1.82) is 0 Å². The molecule has 17 heavy (non-hydrogen) atoms. The number of rotatable bonds is 2. The van der Waals surface area contributed by atoms with E-state index in [1.165, 1.54) is 38.3 Å². The molecule has 1 aromatic rings. The van der Waals surface area contributed by atoms with Gasteiger partial charge in [-0.3, -0.25) is 0 Å². The van der Waals surface area contributed by atoms with Gasteiger partial charge in [0.05, 0.1) is 0 Å². The molecule has 0 radical (unpaired) electrons. The molecule has 3 rings (SSSR count). The smallest absolute Gasteiger partial charge is 0.0138 e. The van der Waals surface area contributed by atoms with Crippen molar-refractivity contribution in [3.8, 4) is 0 Å². The van der Waals surface area contributed by atoms with E-state index in [0.29, 0.717) is 0 Å². The SMILES string of the molecule is CC1CCCC1[C@H]1CCCP1c1ccccc1. The Bertz CT molecular complexity index is 359. The van der Waals surface area contributed by atoms with Crippen molar-refractivity contribution in [1.82, 2.24) is 0 Å². The fourth-order valence-electron chi connectivity index (χ4n) is 3.92. The first-order chi connectivity index (χ1) is 8.36. The summed E-state index contributed by atoms with van der Waals surface area (Å²) in [4.78, 5) is 0. The van der Waals surface area contributed by atoms with Crippen LogP contribution in [0.4, 0.5) is 0 Å². The van der Waals surface area contributed by atoms with Gasteiger partial charge in [-0.25, -0.2) is 0 Å². The minimum Gasteiger partial charge on any atom is -0.0719 e. The molecular formula is C16H23P. The van der Waals surface area contributed by atoms with E-state index in [0.717, 1.165) is 17.5 Å². The predicted octanol–water partition coefficient (Wildman–Crippen LogP) is 4.39. The summed E-state index contributed by atoms with van der Waals surface area (Å²) in [7, 11) is 0.159. The fourth-order valence-corrected chi connectivity index (χ4v) is 7.37. The summed E-state index contributed by atoms with van der Waals surface area (Å²) in [5.74, 6) is 2.04. The highest BCUT2D eigenvalue weighted by atomic mass is 31.1. The Hall–Kier alpha value is -0.350. The van der Waals surface area contributed by atoms with Crippen LogP contribution in [-0.2, 0) is 0 Å². The van der Waals surface area contributed by atoms with Crippen LogP contribution < -0.4 is 5.30 Å². The van der Waals surface area contributed by atoms with Crippen LogP contribution in [0, 0.1) is 11.8 Å². The van der Waals surface area contributed by atoms with E-state index in [9.17, 15) is 0 Å². The molecule has 1 aliphatic carbocycles. The van der Waals surface area contributed by atoms with Gasteiger partial charge < -0.3 is 0 Å². The maximum absolute atomic E-state index is 2.49. The van der Waals surface area contributed by atoms with Gasteiger partial charge in [0.25, 0.3) is 0 Å². The van der Waals surface area contributed by atoms with Gasteiger partial charge in [-0.05, 0) is 48.2 Å². The zero-order chi connectivity index (χ0) is 11.7. The Morgan fingerprint density at radius 2 is 1.82 bits per heavy atom. The van der Waals surface area contributed by atoms with Crippen molar-refractivity contribution in [3.05, 3.63) is 30.3 Å². The second-order valence-electron chi connectivity index (χ2n) is 5.81. The average molecular weight is 246 g/mol. The standard InChI is InChI=1S/C16H23P/c1-13-7-5-10-15(13)16-11-6-12-17(16)14-8-3-2-4-9-14/h2-4,8-9,13,15-16H,5-7,10-12H2,1H3/t13?,15?,16-,17?/m1/s1. The van der Waals surface area contributed by atoms with Crippen LogP contribution >= 0.6 is 7.92 Å². The van der Waals surface area contributed by atoms with Crippen LogP contribution in [0.25, 0.3) is 0 Å². The van der Waals surface area contributed by atoms with Crippen LogP contribution in [0.3, 0.4) is 0 Å². The molecule has 0 bridgehead atoms. The van der Waals surface area contributed by atoms with Crippen molar-refractivity contribution in [3.63, 3.8) is 0 Å². The number of hydrogen-bond donors (Lipinski definition) is 0. The third-order valence-corrected chi connectivity index (χ3v) is 8.01. The van der Waals surface area contributed by atoms with Crippen molar-refractivity contribution >= 4 is 13.2 Å². The zero-order valence-corrected chi connectivity index (χ0v) is 11.7. The van der Waals surface area contributed by atoms with Crippen molar-refractivity contribution in [2.75, 3.05) is 6.16 Å². The van der Waals surface area contributed by atoms with E-state index in [1.807, 2.05) is 0 Å². The monoisotopic (exact) mass is 246 g/mol. The molecule has 0 nitrogen and oxygen atoms in total. The lowest BCUT2D eigenvalue weighted by atomic mass is 9.92. The quantitative estimate of drug-likeness (QED) is 0.679.